The molecule has 1 unspecified atom stereocenters. The minimum absolute atomic E-state index is 0.711. The van der Waals surface area contributed by atoms with Gasteiger partial charge in [-0.05, 0) is 69.4 Å². The average Bonchev–Trinajstić information content (AvgIpc) is 3.07. The highest BCUT2D eigenvalue weighted by atomic mass is 14.1. The lowest BCUT2D eigenvalue weighted by Crippen LogP contribution is -1.98. The van der Waals surface area contributed by atoms with Gasteiger partial charge in [0.2, 0.25) is 0 Å². The Kier molecular flexibility index (Phi) is 73.0. The third-order valence-electron chi connectivity index (χ3n) is 5.52. The molecule has 0 fully saturated rings. The SMILES string of the molecule is C=C(/C=C\C=C/C)CC.C=C(C)C(=C)CCCC.CC.CC.CC.CC.CC.CCCCc1ccccc1C(C)CC. The van der Waals surface area contributed by atoms with E-state index in [-0.39, 0.29) is 0 Å². The number of rotatable bonds is 12. The lowest BCUT2D eigenvalue weighted by atomic mass is 9.91. The summed E-state index contributed by atoms with van der Waals surface area (Å²) < 4.78 is 0. The summed E-state index contributed by atoms with van der Waals surface area (Å²) in [6, 6.07) is 8.91. The van der Waals surface area contributed by atoms with Gasteiger partial charge in [-0.3, -0.25) is 0 Å². The first-order valence-corrected chi connectivity index (χ1v) is 17.7. The lowest BCUT2D eigenvalue weighted by molar-refractivity contribution is 0.708. The Morgan fingerprint density at radius 1 is 0.738 bits per heavy atom. The smallest absolute Gasteiger partial charge is 0.0190 e. The Bertz CT molecular complexity index is 684. The molecule has 0 radical (unpaired) electrons. The maximum atomic E-state index is 3.89. The fraction of sp³-hybridized carbons (Fsp3) is 0.619. The largest absolute Gasteiger partial charge is 0.0959 e. The van der Waals surface area contributed by atoms with Crippen molar-refractivity contribution in [2.45, 2.75) is 175 Å². The van der Waals surface area contributed by atoms with Crippen molar-refractivity contribution in [3.05, 3.63) is 96.2 Å². The maximum absolute atomic E-state index is 3.89. The normalized spacial score (nSPS) is 9.36. The average molecular weight is 587 g/mol. The summed E-state index contributed by atoms with van der Waals surface area (Å²) in [4.78, 5) is 0. The molecule has 250 valence electrons. The highest BCUT2D eigenvalue weighted by Gasteiger charge is 2.07. The minimum Gasteiger partial charge on any atom is -0.0959 e. The van der Waals surface area contributed by atoms with Crippen LogP contribution in [0.3, 0.4) is 0 Å². The van der Waals surface area contributed by atoms with E-state index in [2.05, 4.69) is 78.6 Å². The van der Waals surface area contributed by atoms with E-state index >= 15 is 0 Å². The standard InChI is InChI=1S/C14H22.C9H16.C9H14.5C2H6/c1-4-6-9-13-10-7-8-11-14(13)12(3)5-2;1-5-6-7-9(4)8(2)3;1-4-6-7-8-9(3)5-2;5*1-2/h7-8,10-12H,4-6,9H2,1-3H3;2,4-7H2,1,3H3;4,6-8H,3,5H2,1-2H3;5*1-2H3/b;;6-4-,8-7-;;;;;. The molecule has 0 N–H and O–H groups in total. The third-order valence-corrected chi connectivity index (χ3v) is 5.52. The molecule has 0 heteroatoms. The molecule has 0 aliphatic carbocycles. The molecule has 1 rings (SSSR count). The van der Waals surface area contributed by atoms with Crippen LogP contribution < -0.4 is 0 Å². The Morgan fingerprint density at radius 3 is 1.60 bits per heavy atom. The molecule has 0 spiro atoms. The first-order chi connectivity index (χ1) is 20.3. The van der Waals surface area contributed by atoms with Gasteiger partial charge in [-0.2, -0.15) is 0 Å². The summed E-state index contributed by atoms with van der Waals surface area (Å²) in [7, 11) is 0. The molecule has 1 atom stereocenters. The van der Waals surface area contributed by atoms with Crippen LogP contribution in [-0.2, 0) is 6.42 Å². The van der Waals surface area contributed by atoms with Crippen LogP contribution in [0.15, 0.2) is 85.0 Å². The molecular weight excluding hydrogens is 504 g/mol. The monoisotopic (exact) mass is 587 g/mol. The molecule has 0 amide bonds. The number of allylic oxidation sites excluding steroid dienone is 7. The molecule has 0 heterocycles. The van der Waals surface area contributed by atoms with Crippen molar-refractivity contribution in [3.8, 4) is 0 Å². The highest BCUT2D eigenvalue weighted by molar-refractivity contribution is 5.30. The van der Waals surface area contributed by atoms with Gasteiger partial charge in [0.15, 0.2) is 0 Å². The van der Waals surface area contributed by atoms with Gasteiger partial charge in [-0.15, -0.1) is 0 Å². The number of hydrogen-bond acceptors (Lipinski definition) is 0. The number of unbranched alkanes of at least 4 members (excludes halogenated alkanes) is 2. The molecule has 0 aromatic heterocycles. The predicted octanol–water partition coefficient (Wildman–Crippen LogP) is 16.1. The summed E-state index contributed by atoms with van der Waals surface area (Å²) in [6.07, 6.45) is 17.8. The molecule has 0 nitrogen and oxygen atoms in total. The van der Waals surface area contributed by atoms with Crippen molar-refractivity contribution in [1.82, 2.24) is 0 Å². The fourth-order valence-corrected chi connectivity index (χ4v) is 2.85. The van der Waals surface area contributed by atoms with Crippen molar-refractivity contribution >= 4 is 0 Å². The van der Waals surface area contributed by atoms with Crippen LogP contribution in [-0.4, -0.2) is 0 Å². The molecule has 0 bridgehead atoms. The zero-order chi connectivity index (χ0) is 34.8. The second kappa shape index (κ2) is 54.9. The quantitative estimate of drug-likeness (QED) is 0.214. The number of benzene rings is 1. The summed E-state index contributed by atoms with van der Waals surface area (Å²) >= 11 is 0. The Labute approximate surface area is 270 Å². The van der Waals surface area contributed by atoms with Crippen molar-refractivity contribution in [3.63, 3.8) is 0 Å². The molecule has 0 aliphatic heterocycles. The van der Waals surface area contributed by atoms with Crippen LogP contribution in [0.4, 0.5) is 0 Å². The molecular formula is C42H82. The summed E-state index contributed by atoms with van der Waals surface area (Å²) in [5.41, 5.74) is 6.63. The van der Waals surface area contributed by atoms with Crippen molar-refractivity contribution in [1.29, 1.82) is 0 Å². The fourth-order valence-electron chi connectivity index (χ4n) is 2.85. The second-order valence-corrected chi connectivity index (χ2v) is 8.50. The molecule has 0 saturated heterocycles. The van der Waals surface area contributed by atoms with E-state index in [0.717, 1.165) is 18.4 Å². The topological polar surface area (TPSA) is 0 Å². The zero-order valence-corrected chi connectivity index (χ0v) is 32.5. The van der Waals surface area contributed by atoms with Gasteiger partial charge in [0, 0.05) is 0 Å². The zero-order valence-electron chi connectivity index (χ0n) is 32.5. The molecule has 42 heavy (non-hydrogen) atoms. The van der Waals surface area contributed by atoms with Gasteiger partial charge < -0.3 is 0 Å². The molecule has 1 aromatic carbocycles. The summed E-state index contributed by atoms with van der Waals surface area (Å²) in [5, 5.41) is 0. The molecule has 1 aromatic rings. The van der Waals surface area contributed by atoms with E-state index in [9.17, 15) is 0 Å². The minimum atomic E-state index is 0.711. The van der Waals surface area contributed by atoms with E-state index < -0.39 is 0 Å². The van der Waals surface area contributed by atoms with Gasteiger partial charge in [0.25, 0.3) is 0 Å². The lowest BCUT2D eigenvalue weighted by Gasteiger charge is -2.14. The predicted molar refractivity (Wildman–Crippen MR) is 207 cm³/mol. The van der Waals surface area contributed by atoms with E-state index in [4.69, 9.17) is 0 Å². The van der Waals surface area contributed by atoms with E-state index in [0.29, 0.717) is 5.92 Å². The van der Waals surface area contributed by atoms with Gasteiger partial charge in [-0.1, -0.05) is 202 Å². The Hall–Kier alpha value is -2.08. The van der Waals surface area contributed by atoms with Gasteiger partial charge in [0.05, 0.1) is 0 Å². The first-order valence-electron chi connectivity index (χ1n) is 17.7. The summed E-state index contributed by atoms with van der Waals surface area (Å²) in [6.45, 7) is 46.7. The van der Waals surface area contributed by atoms with E-state index in [1.54, 1.807) is 11.1 Å². The number of hydrogen-bond donors (Lipinski definition) is 0. The van der Waals surface area contributed by atoms with Gasteiger partial charge in [0.1, 0.15) is 0 Å². The van der Waals surface area contributed by atoms with Crippen molar-refractivity contribution < 1.29 is 0 Å². The van der Waals surface area contributed by atoms with Crippen LogP contribution in [0, 0.1) is 0 Å². The van der Waals surface area contributed by atoms with E-state index in [1.165, 1.54) is 49.7 Å². The van der Waals surface area contributed by atoms with Crippen LogP contribution >= 0.6 is 0 Å². The van der Waals surface area contributed by atoms with Crippen LogP contribution in [0.1, 0.15) is 180 Å². The van der Waals surface area contributed by atoms with E-state index in [1.807, 2.05) is 107 Å². The Morgan fingerprint density at radius 2 is 1.21 bits per heavy atom. The van der Waals surface area contributed by atoms with Crippen molar-refractivity contribution in [2.24, 2.45) is 0 Å². The van der Waals surface area contributed by atoms with Crippen LogP contribution in [0.2, 0.25) is 0 Å². The van der Waals surface area contributed by atoms with Gasteiger partial charge >= 0.3 is 0 Å². The van der Waals surface area contributed by atoms with Gasteiger partial charge in [-0.25, -0.2) is 0 Å². The Balaban J connectivity index is -0.0000000777. The summed E-state index contributed by atoms with van der Waals surface area (Å²) in [5.74, 6) is 0.711. The first kappa shape index (κ1) is 55.8. The molecule has 0 aliphatic rings. The van der Waals surface area contributed by atoms with Crippen LogP contribution in [0.5, 0.6) is 0 Å². The second-order valence-electron chi connectivity index (χ2n) is 8.50. The number of aryl methyl sites for hydroxylation is 1. The third kappa shape index (κ3) is 44.9. The highest BCUT2D eigenvalue weighted by Crippen LogP contribution is 2.23. The van der Waals surface area contributed by atoms with Crippen molar-refractivity contribution in [2.75, 3.05) is 0 Å². The van der Waals surface area contributed by atoms with Crippen LogP contribution in [0.25, 0.3) is 0 Å². The maximum Gasteiger partial charge on any atom is -0.0190 e. The molecule has 0 saturated carbocycles.